The molecule has 0 aromatic heterocycles. The molecule has 0 unspecified atom stereocenters. The van der Waals surface area contributed by atoms with Crippen LogP contribution in [0.1, 0.15) is 20.8 Å². The molecular weight excluding hydrogens is 134 g/mol. The first-order valence-electron chi connectivity index (χ1n) is 3.73. The van der Waals surface area contributed by atoms with Gasteiger partial charge in [0.15, 0.2) is 0 Å². The van der Waals surface area contributed by atoms with E-state index < -0.39 is 0 Å². The van der Waals surface area contributed by atoms with Crippen LogP contribution in [0.25, 0.3) is 0 Å². The van der Waals surface area contributed by atoms with Crippen LogP contribution >= 0.6 is 0 Å². The number of nitrogens with zero attached hydrogens (tertiary/aromatic N) is 1. The summed E-state index contributed by atoms with van der Waals surface area (Å²) in [5.41, 5.74) is 1.02. The van der Waals surface area contributed by atoms with E-state index in [-0.39, 0.29) is 5.41 Å². The maximum Gasteiger partial charge on any atom is 0.0801 e. The van der Waals surface area contributed by atoms with Crippen molar-refractivity contribution in [3.8, 4) is 12.3 Å². The molecule has 0 saturated carbocycles. The fourth-order valence-electron chi connectivity index (χ4n) is 0.917. The van der Waals surface area contributed by atoms with Gasteiger partial charge in [0.1, 0.15) is 0 Å². The molecule has 0 saturated heterocycles. The van der Waals surface area contributed by atoms with Crippen LogP contribution in [-0.4, -0.2) is 18.5 Å². The van der Waals surface area contributed by atoms with Crippen LogP contribution in [0.4, 0.5) is 0 Å². The lowest BCUT2D eigenvalue weighted by atomic mass is 9.96. The fourth-order valence-corrected chi connectivity index (χ4v) is 0.917. The second-order valence-corrected chi connectivity index (χ2v) is 4.01. The summed E-state index contributed by atoms with van der Waals surface area (Å²) in [6, 6.07) is 0. The largest absolute Gasteiger partial charge is 0.368 e. The van der Waals surface area contributed by atoms with E-state index in [1.807, 2.05) is 11.9 Å². The zero-order valence-electron chi connectivity index (χ0n) is 7.94. The first-order chi connectivity index (χ1) is 4.87. The second-order valence-electron chi connectivity index (χ2n) is 4.01. The quantitative estimate of drug-likeness (QED) is 0.546. The molecule has 0 amide bonds. The summed E-state index contributed by atoms with van der Waals surface area (Å²) in [4.78, 5) is 2.00. The van der Waals surface area contributed by atoms with Gasteiger partial charge in [-0.15, -0.1) is 6.42 Å². The molecule has 0 heterocycles. The smallest absolute Gasteiger partial charge is 0.0801 e. The van der Waals surface area contributed by atoms with E-state index in [1.165, 1.54) is 0 Å². The molecule has 0 fully saturated rings. The van der Waals surface area contributed by atoms with E-state index in [9.17, 15) is 0 Å². The van der Waals surface area contributed by atoms with Gasteiger partial charge in [-0.3, -0.25) is 0 Å². The van der Waals surface area contributed by atoms with Gasteiger partial charge in [0.05, 0.1) is 5.70 Å². The molecule has 0 atom stereocenters. The third-order valence-electron chi connectivity index (χ3n) is 1.34. The highest BCUT2D eigenvalue weighted by molar-refractivity contribution is 5.19. The van der Waals surface area contributed by atoms with Crippen LogP contribution in [0.5, 0.6) is 0 Å². The van der Waals surface area contributed by atoms with Crippen molar-refractivity contribution >= 4 is 0 Å². The molecular formula is C10H17N. The van der Waals surface area contributed by atoms with E-state index in [0.717, 1.165) is 12.2 Å². The number of hydrogen-bond donors (Lipinski definition) is 0. The second kappa shape index (κ2) is 3.48. The summed E-state index contributed by atoms with van der Waals surface area (Å²) in [7, 11) is 1.97. The average molecular weight is 151 g/mol. The van der Waals surface area contributed by atoms with Gasteiger partial charge in [-0.25, -0.2) is 0 Å². The van der Waals surface area contributed by atoms with Gasteiger partial charge in [0, 0.05) is 13.6 Å². The van der Waals surface area contributed by atoms with Gasteiger partial charge in [0.25, 0.3) is 0 Å². The van der Waals surface area contributed by atoms with E-state index in [1.54, 1.807) is 0 Å². The summed E-state index contributed by atoms with van der Waals surface area (Å²) in [5, 5.41) is 0. The minimum atomic E-state index is 0.272. The van der Waals surface area contributed by atoms with Crippen LogP contribution in [0.2, 0.25) is 0 Å². The number of hydrogen-bond acceptors (Lipinski definition) is 1. The SMILES string of the molecule is C#CC(=C)N(C)CC(C)(C)C. The maximum absolute atomic E-state index is 5.20. The molecule has 0 spiro atoms. The van der Waals surface area contributed by atoms with Gasteiger partial charge >= 0.3 is 0 Å². The number of terminal acetylenes is 1. The molecule has 62 valence electrons. The summed E-state index contributed by atoms with van der Waals surface area (Å²) < 4.78 is 0. The molecule has 0 aliphatic carbocycles. The van der Waals surface area contributed by atoms with Crippen LogP contribution in [0.15, 0.2) is 12.3 Å². The Morgan fingerprint density at radius 1 is 1.55 bits per heavy atom. The highest BCUT2D eigenvalue weighted by Gasteiger charge is 2.13. The Hall–Kier alpha value is -0.900. The Morgan fingerprint density at radius 2 is 2.00 bits per heavy atom. The molecule has 1 heteroatoms. The monoisotopic (exact) mass is 151 g/mol. The molecule has 0 aromatic rings. The predicted molar refractivity (Wildman–Crippen MR) is 50.1 cm³/mol. The minimum absolute atomic E-state index is 0.272. The maximum atomic E-state index is 5.20. The van der Waals surface area contributed by atoms with Crippen LogP contribution in [-0.2, 0) is 0 Å². The van der Waals surface area contributed by atoms with E-state index in [0.29, 0.717) is 0 Å². The number of allylic oxidation sites excluding steroid dienone is 1. The molecule has 0 N–H and O–H groups in total. The van der Waals surface area contributed by atoms with Crippen molar-refractivity contribution in [3.05, 3.63) is 12.3 Å². The van der Waals surface area contributed by atoms with Crippen molar-refractivity contribution in [1.82, 2.24) is 4.90 Å². The molecule has 0 aliphatic heterocycles. The van der Waals surface area contributed by atoms with Crippen LogP contribution < -0.4 is 0 Å². The molecule has 0 bridgehead atoms. The molecule has 0 aliphatic rings. The molecule has 11 heavy (non-hydrogen) atoms. The number of rotatable bonds is 2. The Morgan fingerprint density at radius 3 is 2.27 bits per heavy atom. The van der Waals surface area contributed by atoms with Crippen molar-refractivity contribution in [1.29, 1.82) is 0 Å². The third kappa shape index (κ3) is 4.50. The third-order valence-corrected chi connectivity index (χ3v) is 1.34. The zero-order valence-corrected chi connectivity index (χ0v) is 7.94. The Labute approximate surface area is 70.1 Å². The van der Waals surface area contributed by atoms with E-state index in [4.69, 9.17) is 6.42 Å². The lowest BCUT2D eigenvalue weighted by Gasteiger charge is -2.27. The average Bonchev–Trinajstić information content (AvgIpc) is 1.82. The van der Waals surface area contributed by atoms with Gasteiger partial charge in [0.2, 0.25) is 0 Å². The summed E-state index contributed by atoms with van der Waals surface area (Å²) in [6.45, 7) is 11.2. The summed E-state index contributed by atoms with van der Waals surface area (Å²) in [6.07, 6.45) is 5.20. The molecule has 0 aromatic carbocycles. The normalized spacial score (nSPS) is 10.5. The molecule has 0 radical (unpaired) electrons. The Kier molecular flexibility index (Phi) is 3.19. The van der Waals surface area contributed by atoms with Gasteiger partial charge in [-0.05, 0) is 5.41 Å². The topological polar surface area (TPSA) is 3.24 Å². The fraction of sp³-hybridized carbons (Fsp3) is 0.600. The Bertz CT molecular complexity index is 178. The van der Waals surface area contributed by atoms with Gasteiger partial charge < -0.3 is 4.90 Å². The van der Waals surface area contributed by atoms with Crippen LogP contribution in [0, 0.1) is 17.8 Å². The lowest BCUT2D eigenvalue weighted by molar-refractivity contribution is 0.276. The highest BCUT2D eigenvalue weighted by atomic mass is 15.1. The highest BCUT2D eigenvalue weighted by Crippen LogP contribution is 2.15. The minimum Gasteiger partial charge on any atom is -0.368 e. The lowest BCUT2D eigenvalue weighted by Crippen LogP contribution is -2.27. The van der Waals surface area contributed by atoms with Crippen molar-refractivity contribution in [3.63, 3.8) is 0 Å². The van der Waals surface area contributed by atoms with Gasteiger partial charge in [-0.1, -0.05) is 33.3 Å². The Balaban J connectivity index is 4.00. The molecule has 0 rings (SSSR count). The zero-order chi connectivity index (χ0) is 9.07. The van der Waals surface area contributed by atoms with Crippen molar-refractivity contribution < 1.29 is 0 Å². The van der Waals surface area contributed by atoms with Crippen molar-refractivity contribution in [2.45, 2.75) is 20.8 Å². The van der Waals surface area contributed by atoms with E-state index in [2.05, 4.69) is 33.3 Å². The van der Waals surface area contributed by atoms with Gasteiger partial charge in [-0.2, -0.15) is 0 Å². The summed E-state index contributed by atoms with van der Waals surface area (Å²) in [5.74, 6) is 2.52. The molecule has 1 nitrogen and oxygen atoms in total. The standard InChI is InChI=1S/C10H17N/c1-7-9(2)11(6)8-10(3,4)5/h1H,2,8H2,3-6H3. The predicted octanol–water partition coefficient (Wildman–Crippen LogP) is 2.11. The first kappa shape index (κ1) is 10.1. The summed E-state index contributed by atoms with van der Waals surface area (Å²) >= 11 is 0. The first-order valence-corrected chi connectivity index (χ1v) is 3.73. The van der Waals surface area contributed by atoms with E-state index >= 15 is 0 Å². The van der Waals surface area contributed by atoms with Crippen molar-refractivity contribution in [2.24, 2.45) is 5.41 Å². The van der Waals surface area contributed by atoms with Crippen molar-refractivity contribution in [2.75, 3.05) is 13.6 Å². The van der Waals surface area contributed by atoms with Crippen LogP contribution in [0.3, 0.4) is 0 Å².